The zero-order chi connectivity index (χ0) is 14.5. The van der Waals surface area contributed by atoms with Crippen molar-refractivity contribution in [2.45, 2.75) is 0 Å². The third-order valence-corrected chi connectivity index (χ3v) is 2.61. The van der Waals surface area contributed by atoms with E-state index >= 15 is 0 Å². The first-order chi connectivity index (χ1) is 9.65. The number of amidine groups is 1. The molecule has 2 aromatic rings. The van der Waals surface area contributed by atoms with E-state index in [9.17, 15) is 4.79 Å². The van der Waals surface area contributed by atoms with E-state index < -0.39 is 0 Å². The molecule has 0 aliphatic rings. The van der Waals surface area contributed by atoms with E-state index in [0.717, 1.165) is 0 Å². The Bertz CT molecular complexity index is 633. The number of carbonyl (C=O) groups excluding carboxylic acids is 1. The van der Waals surface area contributed by atoms with Crippen LogP contribution in [0.2, 0.25) is 0 Å². The van der Waals surface area contributed by atoms with E-state index in [1.54, 1.807) is 31.4 Å². The number of methoxy groups -OCH3 is 1. The number of oxime groups is 1. The fourth-order valence-electron chi connectivity index (χ4n) is 1.56. The minimum absolute atomic E-state index is 0.149. The van der Waals surface area contributed by atoms with Gasteiger partial charge in [-0.3, -0.25) is 9.89 Å². The number of benzene rings is 1. The largest absolute Gasteiger partial charge is 0.497 e. The third-order valence-electron chi connectivity index (χ3n) is 2.61. The first kappa shape index (κ1) is 13.4. The van der Waals surface area contributed by atoms with Crippen LogP contribution in [0.15, 0.2) is 35.6 Å². The molecule has 2 rings (SSSR count). The SMILES string of the molecule is COc1ccc(C(=O)Nc2[nH]ncc2C(N)=NO)cc1. The summed E-state index contributed by atoms with van der Waals surface area (Å²) in [5.41, 5.74) is 6.20. The second kappa shape index (κ2) is 5.74. The Morgan fingerprint density at radius 2 is 2.15 bits per heavy atom. The molecule has 0 fully saturated rings. The molecular weight excluding hydrogens is 262 g/mol. The number of aromatic nitrogens is 2. The van der Waals surface area contributed by atoms with Crippen molar-refractivity contribution in [3.8, 4) is 5.75 Å². The molecule has 0 saturated carbocycles. The normalized spacial score (nSPS) is 11.2. The zero-order valence-electron chi connectivity index (χ0n) is 10.6. The van der Waals surface area contributed by atoms with Gasteiger partial charge in [0.2, 0.25) is 0 Å². The number of nitrogens with two attached hydrogens (primary N) is 1. The lowest BCUT2D eigenvalue weighted by Gasteiger charge is -2.06. The molecule has 1 heterocycles. The Morgan fingerprint density at radius 3 is 2.75 bits per heavy atom. The monoisotopic (exact) mass is 275 g/mol. The Balaban J connectivity index is 2.17. The van der Waals surface area contributed by atoms with Crippen LogP contribution in [0.1, 0.15) is 15.9 Å². The molecule has 0 aliphatic heterocycles. The van der Waals surface area contributed by atoms with Gasteiger partial charge in [0.25, 0.3) is 5.91 Å². The second-order valence-corrected chi connectivity index (χ2v) is 3.83. The summed E-state index contributed by atoms with van der Waals surface area (Å²) in [6, 6.07) is 6.58. The topological polar surface area (TPSA) is 126 Å². The summed E-state index contributed by atoms with van der Waals surface area (Å²) in [4.78, 5) is 12.0. The summed E-state index contributed by atoms with van der Waals surface area (Å²) in [5.74, 6) is 0.397. The van der Waals surface area contributed by atoms with Crippen molar-refractivity contribution in [1.82, 2.24) is 10.2 Å². The van der Waals surface area contributed by atoms with Gasteiger partial charge in [0, 0.05) is 5.56 Å². The molecule has 0 radical (unpaired) electrons. The highest BCUT2D eigenvalue weighted by Crippen LogP contribution is 2.15. The van der Waals surface area contributed by atoms with Gasteiger partial charge in [-0.1, -0.05) is 5.16 Å². The number of anilines is 1. The van der Waals surface area contributed by atoms with Gasteiger partial charge in [0.1, 0.15) is 11.6 Å². The highest BCUT2D eigenvalue weighted by atomic mass is 16.5. The summed E-state index contributed by atoms with van der Waals surface area (Å²) in [7, 11) is 1.54. The van der Waals surface area contributed by atoms with Crippen LogP contribution >= 0.6 is 0 Å². The number of hydrogen-bond acceptors (Lipinski definition) is 5. The first-order valence-corrected chi connectivity index (χ1v) is 5.62. The van der Waals surface area contributed by atoms with Crippen LogP contribution in [0.5, 0.6) is 5.75 Å². The average Bonchev–Trinajstić information content (AvgIpc) is 2.94. The summed E-state index contributed by atoms with van der Waals surface area (Å²) < 4.78 is 5.01. The first-order valence-electron chi connectivity index (χ1n) is 5.62. The predicted molar refractivity (Wildman–Crippen MR) is 72.0 cm³/mol. The third kappa shape index (κ3) is 2.69. The number of H-pyrrole nitrogens is 1. The molecular formula is C12H13N5O3. The molecule has 1 aromatic carbocycles. The lowest BCUT2D eigenvalue weighted by atomic mass is 10.2. The minimum atomic E-state index is -0.358. The van der Waals surface area contributed by atoms with E-state index in [1.807, 2.05) is 0 Å². The molecule has 20 heavy (non-hydrogen) atoms. The van der Waals surface area contributed by atoms with Crippen LogP contribution in [0.4, 0.5) is 5.82 Å². The van der Waals surface area contributed by atoms with Gasteiger partial charge in [-0.05, 0) is 24.3 Å². The molecule has 0 atom stereocenters. The number of rotatable bonds is 4. The molecule has 0 unspecified atom stereocenters. The quantitative estimate of drug-likeness (QED) is 0.284. The highest BCUT2D eigenvalue weighted by Gasteiger charge is 2.13. The van der Waals surface area contributed by atoms with Gasteiger partial charge in [-0.2, -0.15) is 5.10 Å². The van der Waals surface area contributed by atoms with Crippen LogP contribution in [-0.4, -0.2) is 34.3 Å². The zero-order valence-corrected chi connectivity index (χ0v) is 10.6. The average molecular weight is 275 g/mol. The van der Waals surface area contributed by atoms with E-state index in [1.165, 1.54) is 6.20 Å². The van der Waals surface area contributed by atoms with E-state index in [4.69, 9.17) is 15.7 Å². The van der Waals surface area contributed by atoms with Crippen molar-refractivity contribution in [3.63, 3.8) is 0 Å². The number of nitrogens with one attached hydrogen (secondary N) is 2. The van der Waals surface area contributed by atoms with Crippen molar-refractivity contribution >= 4 is 17.6 Å². The maximum Gasteiger partial charge on any atom is 0.256 e. The summed E-state index contributed by atoms with van der Waals surface area (Å²) in [6.45, 7) is 0. The minimum Gasteiger partial charge on any atom is -0.497 e. The lowest BCUT2D eigenvalue weighted by Crippen LogP contribution is -2.18. The number of carbonyl (C=O) groups is 1. The van der Waals surface area contributed by atoms with E-state index in [0.29, 0.717) is 16.9 Å². The number of ether oxygens (including phenoxy) is 1. The van der Waals surface area contributed by atoms with Crippen LogP contribution in [-0.2, 0) is 0 Å². The second-order valence-electron chi connectivity index (χ2n) is 3.83. The van der Waals surface area contributed by atoms with Gasteiger partial charge in [0.05, 0.1) is 18.9 Å². The van der Waals surface area contributed by atoms with Crippen LogP contribution in [0.25, 0.3) is 0 Å². The number of nitrogens with zero attached hydrogens (tertiary/aromatic N) is 2. The smallest absolute Gasteiger partial charge is 0.256 e. The number of amides is 1. The van der Waals surface area contributed by atoms with Crippen molar-refractivity contribution in [2.24, 2.45) is 10.9 Å². The molecule has 1 aromatic heterocycles. The molecule has 0 spiro atoms. The predicted octanol–water partition coefficient (Wildman–Crippen LogP) is 0.765. The Labute approximate surface area is 114 Å². The van der Waals surface area contributed by atoms with Crippen LogP contribution < -0.4 is 15.8 Å². The molecule has 8 heteroatoms. The van der Waals surface area contributed by atoms with Gasteiger partial charge < -0.3 is 21.0 Å². The van der Waals surface area contributed by atoms with Gasteiger partial charge >= 0.3 is 0 Å². The van der Waals surface area contributed by atoms with Gasteiger partial charge in [-0.15, -0.1) is 0 Å². The standard InChI is InChI=1S/C12H13N5O3/c1-20-8-4-2-7(3-5-8)12(18)15-11-9(6-14-16-11)10(13)17-19/h2-6,19H,1H3,(H2,13,17)(H2,14,15,16,18). The summed E-state index contributed by atoms with van der Waals surface area (Å²) >= 11 is 0. The number of hydrogen-bond donors (Lipinski definition) is 4. The number of aromatic amines is 1. The van der Waals surface area contributed by atoms with Crippen LogP contribution in [0, 0.1) is 0 Å². The molecule has 0 aliphatic carbocycles. The molecule has 0 bridgehead atoms. The molecule has 8 nitrogen and oxygen atoms in total. The molecule has 104 valence electrons. The van der Waals surface area contributed by atoms with E-state index in [-0.39, 0.29) is 17.6 Å². The Hall–Kier alpha value is -3.03. The van der Waals surface area contributed by atoms with E-state index in [2.05, 4.69) is 20.7 Å². The highest BCUT2D eigenvalue weighted by molar-refractivity contribution is 6.08. The van der Waals surface area contributed by atoms with Crippen molar-refractivity contribution < 1.29 is 14.7 Å². The maximum absolute atomic E-state index is 12.0. The van der Waals surface area contributed by atoms with Crippen LogP contribution in [0.3, 0.4) is 0 Å². The fraction of sp³-hybridized carbons (Fsp3) is 0.0833. The van der Waals surface area contributed by atoms with Crippen molar-refractivity contribution in [1.29, 1.82) is 0 Å². The Kier molecular flexibility index (Phi) is 3.85. The molecule has 0 saturated heterocycles. The maximum atomic E-state index is 12.0. The van der Waals surface area contributed by atoms with Crippen molar-refractivity contribution in [3.05, 3.63) is 41.6 Å². The Morgan fingerprint density at radius 1 is 1.45 bits per heavy atom. The summed E-state index contributed by atoms with van der Waals surface area (Å²) in [6.07, 6.45) is 1.35. The lowest BCUT2D eigenvalue weighted by molar-refractivity contribution is 0.102. The summed E-state index contributed by atoms with van der Waals surface area (Å²) in [5, 5.41) is 20.4. The fourth-order valence-corrected chi connectivity index (χ4v) is 1.56. The molecule has 1 amide bonds. The van der Waals surface area contributed by atoms with Crippen molar-refractivity contribution in [2.75, 3.05) is 12.4 Å². The van der Waals surface area contributed by atoms with Gasteiger partial charge in [0.15, 0.2) is 5.84 Å². The van der Waals surface area contributed by atoms with Gasteiger partial charge in [-0.25, -0.2) is 0 Å². The molecule has 5 N–H and O–H groups in total.